The van der Waals surface area contributed by atoms with Crippen LogP contribution in [0.1, 0.15) is 50.5 Å². The molecule has 0 bridgehead atoms. The second kappa shape index (κ2) is 7.01. The minimum Gasteiger partial charge on any atom is -0.454 e. The Morgan fingerprint density at radius 3 is 2.79 bits per heavy atom. The number of ether oxygens (including phenoxy) is 2. The van der Waals surface area contributed by atoms with Crippen LogP contribution in [0.4, 0.5) is 0 Å². The van der Waals surface area contributed by atoms with Gasteiger partial charge < -0.3 is 19.7 Å². The van der Waals surface area contributed by atoms with E-state index in [0.717, 1.165) is 23.6 Å². The van der Waals surface area contributed by atoms with Crippen LogP contribution < -0.4 is 14.8 Å². The maximum Gasteiger partial charge on any atom is 0.231 e. The minimum atomic E-state index is 0.235. The molecule has 0 radical (unpaired) electrons. The Morgan fingerprint density at radius 1 is 1.12 bits per heavy atom. The average molecular weight is 330 g/mol. The summed E-state index contributed by atoms with van der Waals surface area (Å²) in [6, 6.07) is 6.67. The standard InChI is InChI=1S/C19H26N2O3/c22-18-10-15(12-21(18)16-7-3-1-2-4-8-16)20-11-14-6-5-9-17-19(14)24-13-23-17/h5-6,9,15-16,20H,1-4,7-8,10-13H2/t15-/m0/s1. The van der Waals surface area contributed by atoms with E-state index in [9.17, 15) is 4.79 Å². The first-order valence-corrected chi connectivity index (χ1v) is 9.21. The fraction of sp³-hybridized carbons (Fsp3) is 0.632. The van der Waals surface area contributed by atoms with Crippen molar-refractivity contribution in [1.29, 1.82) is 0 Å². The zero-order valence-electron chi connectivity index (χ0n) is 14.1. The van der Waals surface area contributed by atoms with E-state index in [4.69, 9.17) is 9.47 Å². The van der Waals surface area contributed by atoms with Crippen LogP contribution in [0.2, 0.25) is 0 Å². The van der Waals surface area contributed by atoms with Crippen molar-refractivity contribution in [2.45, 2.75) is 63.6 Å². The molecular formula is C19H26N2O3. The van der Waals surface area contributed by atoms with Crippen LogP contribution in [-0.2, 0) is 11.3 Å². The summed E-state index contributed by atoms with van der Waals surface area (Å²) in [5.74, 6) is 1.98. The first kappa shape index (κ1) is 15.8. The van der Waals surface area contributed by atoms with Crippen molar-refractivity contribution in [3.05, 3.63) is 23.8 Å². The lowest BCUT2D eigenvalue weighted by molar-refractivity contribution is -0.129. The third kappa shape index (κ3) is 3.22. The number of amides is 1. The molecule has 0 aromatic heterocycles. The Balaban J connectivity index is 1.35. The van der Waals surface area contributed by atoms with Gasteiger partial charge in [0.1, 0.15) is 0 Å². The molecule has 3 aliphatic rings. The summed E-state index contributed by atoms with van der Waals surface area (Å²) in [5.41, 5.74) is 1.10. The van der Waals surface area contributed by atoms with Crippen LogP contribution in [0, 0.1) is 0 Å². The first-order chi connectivity index (χ1) is 11.8. The van der Waals surface area contributed by atoms with E-state index >= 15 is 0 Å². The van der Waals surface area contributed by atoms with Crippen molar-refractivity contribution in [1.82, 2.24) is 10.2 Å². The molecule has 1 amide bonds. The normalized spacial score (nSPS) is 24.4. The van der Waals surface area contributed by atoms with Gasteiger partial charge in [0.25, 0.3) is 0 Å². The highest BCUT2D eigenvalue weighted by molar-refractivity contribution is 5.79. The van der Waals surface area contributed by atoms with Gasteiger partial charge in [-0.25, -0.2) is 0 Å². The second-order valence-electron chi connectivity index (χ2n) is 7.12. The lowest BCUT2D eigenvalue weighted by Crippen LogP contribution is -2.38. The fourth-order valence-electron chi connectivity index (χ4n) is 4.17. The molecule has 1 saturated carbocycles. The summed E-state index contributed by atoms with van der Waals surface area (Å²) in [4.78, 5) is 14.6. The summed E-state index contributed by atoms with van der Waals surface area (Å²) in [6.45, 7) is 1.85. The Kier molecular flexibility index (Phi) is 4.60. The van der Waals surface area contributed by atoms with Crippen LogP contribution in [0.25, 0.3) is 0 Å². The molecule has 0 unspecified atom stereocenters. The fourth-order valence-corrected chi connectivity index (χ4v) is 4.17. The summed E-state index contributed by atoms with van der Waals surface area (Å²) < 4.78 is 11.0. The molecule has 1 N–H and O–H groups in total. The largest absolute Gasteiger partial charge is 0.454 e. The van der Waals surface area contributed by atoms with Crippen LogP contribution in [0.5, 0.6) is 11.5 Å². The van der Waals surface area contributed by atoms with E-state index < -0.39 is 0 Å². The number of likely N-dealkylation sites (tertiary alicyclic amines) is 1. The van der Waals surface area contributed by atoms with E-state index in [1.54, 1.807) is 0 Å². The van der Waals surface area contributed by atoms with Gasteiger partial charge in [0.05, 0.1) is 0 Å². The molecule has 1 aromatic carbocycles. The molecule has 2 fully saturated rings. The number of rotatable bonds is 4. The molecule has 130 valence electrons. The number of nitrogens with one attached hydrogen (secondary N) is 1. The number of carbonyl (C=O) groups is 1. The topological polar surface area (TPSA) is 50.8 Å². The first-order valence-electron chi connectivity index (χ1n) is 9.21. The Bertz CT molecular complexity index is 596. The van der Waals surface area contributed by atoms with Crippen molar-refractivity contribution < 1.29 is 14.3 Å². The number of fused-ring (bicyclic) bond motifs is 1. The number of hydrogen-bond donors (Lipinski definition) is 1. The predicted octanol–water partition coefficient (Wildman–Crippen LogP) is 2.83. The quantitative estimate of drug-likeness (QED) is 0.863. The van der Waals surface area contributed by atoms with Crippen LogP contribution in [0.3, 0.4) is 0 Å². The summed E-state index contributed by atoms with van der Waals surface area (Å²) >= 11 is 0. The van der Waals surface area contributed by atoms with E-state index in [2.05, 4.69) is 16.3 Å². The van der Waals surface area contributed by atoms with Gasteiger partial charge in [0.2, 0.25) is 12.7 Å². The Labute approximate surface area is 143 Å². The molecule has 5 heteroatoms. The van der Waals surface area contributed by atoms with Gasteiger partial charge in [-0.1, -0.05) is 37.8 Å². The lowest BCUT2D eigenvalue weighted by atomic mass is 10.1. The van der Waals surface area contributed by atoms with Crippen molar-refractivity contribution in [2.24, 2.45) is 0 Å². The van der Waals surface area contributed by atoms with Crippen LogP contribution >= 0.6 is 0 Å². The average Bonchev–Trinajstić information content (AvgIpc) is 3.12. The molecule has 2 aliphatic heterocycles. The number of para-hydroxylation sites is 1. The maximum absolute atomic E-state index is 12.4. The summed E-state index contributed by atoms with van der Waals surface area (Å²) in [7, 11) is 0. The van der Waals surface area contributed by atoms with Crippen molar-refractivity contribution in [3.63, 3.8) is 0 Å². The Morgan fingerprint density at radius 2 is 1.96 bits per heavy atom. The van der Waals surface area contributed by atoms with Gasteiger partial charge in [-0.3, -0.25) is 4.79 Å². The highest BCUT2D eigenvalue weighted by Crippen LogP contribution is 2.35. The van der Waals surface area contributed by atoms with E-state index in [-0.39, 0.29) is 6.04 Å². The molecule has 0 spiro atoms. The van der Waals surface area contributed by atoms with Crippen molar-refractivity contribution in [3.8, 4) is 11.5 Å². The van der Waals surface area contributed by atoms with E-state index in [1.165, 1.54) is 38.5 Å². The third-order valence-corrected chi connectivity index (χ3v) is 5.48. The number of carbonyl (C=O) groups excluding carboxylic acids is 1. The second-order valence-corrected chi connectivity index (χ2v) is 7.12. The molecule has 5 nitrogen and oxygen atoms in total. The van der Waals surface area contributed by atoms with Gasteiger partial charge in [-0.15, -0.1) is 0 Å². The number of benzene rings is 1. The molecule has 1 saturated heterocycles. The summed E-state index contributed by atoms with van der Waals surface area (Å²) in [6.07, 6.45) is 8.14. The van der Waals surface area contributed by atoms with Crippen LogP contribution in [-0.4, -0.2) is 36.2 Å². The lowest BCUT2D eigenvalue weighted by Gasteiger charge is -2.27. The molecule has 1 atom stereocenters. The van der Waals surface area contributed by atoms with Crippen LogP contribution in [0.15, 0.2) is 18.2 Å². The molecular weight excluding hydrogens is 304 g/mol. The van der Waals surface area contributed by atoms with Crippen molar-refractivity contribution >= 4 is 5.91 Å². The molecule has 1 aliphatic carbocycles. The molecule has 1 aromatic rings. The maximum atomic E-state index is 12.4. The monoisotopic (exact) mass is 330 g/mol. The van der Waals surface area contributed by atoms with E-state index in [1.807, 2.05) is 12.1 Å². The third-order valence-electron chi connectivity index (χ3n) is 5.48. The molecule has 24 heavy (non-hydrogen) atoms. The van der Waals surface area contributed by atoms with Gasteiger partial charge in [-0.05, 0) is 18.9 Å². The highest BCUT2D eigenvalue weighted by atomic mass is 16.7. The van der Waals surface area contributed by atoms with Gasteiger partial charge in [0, 0.05) is 37.2 Å². The minimum absolute atomic E-state index is 0.235. The Hall–Kier alpha value is -1.75. The van der Waals surface area contributed by atoms with Crippen molar-refractivity contribution in [2.75, 3.05) is 13.3 Å². The smallest absolute Gasteiger partial charge is 0.231 e. The zero-order chi connectivity index (χ0) is 16.4. The van der Waals surface area contributed by atoms with E-state index in [0.29, 0.717) is 31.7 Å². The van der Waals surface area contributed by atoms with Gasteiger partial charge >= 0.3 is 0 Å². The zero-order valence-corrected chi connectivity index (χ0v) is 14.1. The SMILES string of the molecule is O=C1C[C@H](NCc2cccc3c2OCO3)CN1C1CCCCCC1. The highest BCUT2D eigenvalue weighted by Gasteiger charge is 2.34. The van der Waals surface area contributed by atoms with Gasteiger partial charge in [-0.2, -0.15) is 0 Å². The molecule has 2 heterocycles. The molecule has 4 rings (SSSR count). The predicted molar refractivity (Wildman–Crippen MR) is 91.0 cm³/mol. The number of nitrogens with zero attached hydrogens (tertiary/aromatic N) is 1. The number of hydrogen-bond acceptors (Lipinski definition) is 4. The summed E-state index contributed by atoms with van der Waals surface area (Å²) in [5, 5.41) is 3.54. The van der Waals surface area contributed by atoms with Gasteiger partial charge in [0.15, 0.2) is 11.5 Å².